The highest BCUT2D eigenvalue weighted by molar-refractivity contribution is 7.07. The van der Waals surface area contributed by atoms with Gasteiger partial charge >= 0.3 is 0 Å². The van der Waals surface area contributed by atoms with E-state index >= 15 is 0 Å². The number of para-hydroxylation sites is 1. The summed E-state index contributed by atoms with van der Waals surface area (Å²) in [6.45, 7) is 2.40. The summed E-state index contributed by atoms with van der Waals surface area (Å²) in [5, 5.41) is 2.66. The van der Waals surface area contributed by atoms with Gasteiger partial charge in [0.1, 0.15) is 0 Å². The van der Waals surface area contributed by atoms with Gasteiger partial charge in [-0.05, 0) is 42.8 Å². The monoisotopic (exact) mass is 476 g/mol. The number of halogens is 1. The summed E-state index contributed by atoms with van der Waals surface area (Å²) in [6, 6.07) is 21.0. The largest absolute Gasteiger partial charge is 0.463 e. The Morgan fingerprint density at radius 1 is 1.03 bits per heavy atom. The first-order valence-corrected chi connectivity index (χ1v) is 11.6. The average Bonchev–Trinajstić information content (AvgIpc) is 3.53. The van der Waals surface area contributed by atoms with Gasteiger partial charge in [0, 0.05) is 17.5 Å². The summed E-state index contributed by atoms with van der Waals surface area (Å²) in [4.78, 5) is 18.9. The SMILES string of the molecule is Cc1c(N=c2scc(-c3ccco3)n2Cc2ccccc2Cl)c(=O)n(-c2ccccc2)n1C. The van der Waals surface area contributed by atoms with Crippen LogP contribution in [0.1, 0.15) is 11.3 Å². The predicted molar refractivity (Wildman–Crippen MR) is 132 cm³/mol. The highest BCUT2D eigenvalue weighted by Crippen LogP contribution is 2.24. The molecule has 0 saturated carbocycles. The lowest BCUT2D eigenvalue weighted by Gasteiger charge is -2.09. The second-order valence-electron chi connectivity index (χ2n) is 7.58. The van der Waals surface area contributed by atoms with E-state index in [2.05, 4.69) is 0 Å². The van der Waals surface area contributed by atoms with Gasteiger partial charge in [0.25, 0.3) is 5.56 Å². The second-order valence-corrected chi connectivity index (χ2v) is 8.82. The Morgan fingerprint density at radius 2 is 1.79 bits per heavy atom. The zero-order valence-corrected chi connectivity index (χ0v) is 19.7. The van der Waals surface area contributed by atoms with E-state index in [-0.39, 0.29) is 5.56 Å². The van der Waals surface area contributed by atoms with Gasteiger partial charge in [0.15, 0.2) is 16.2 Å². The van der Waals surface area contributed by atoms with Gasteiger partial charge in [0.2, 0.25) is 0 Å². The third-order valence-corrected chi connectivity index (χ3v) is 6.82. The minimum absolute atomic E-state index is 0.168. The minimum Gasteiger partial charge on any atom is -0.463 e. The summed E-state index contributed by atoms with van der Waals surface area (Å²) >= 11 is 7.91. The molecule has 0 saturated heterocycles. The molecule has 8 heteroatoms. The molecule has 3 heterocycles. The van der Waals surface area contributed by atoms with Gasteiger partial charge in [-0.2, -0.15) is 0 Å². The first-order valence-electron chi connectivity index (χ1n) is 10.4. The molecule has 0 bridgehead atoms. The Labute approximate surface area is 199 Å². The van der Waals surface area contributed by atoms with E-state index < -0.39 is 0 Å². The highest BCUT2D eigenvalue weighted by atomic mass is 35.5. The quantitative estimate of drug-likeness (QED) is 0.334. The van der Waals surface area contributed by atoms with Crippen molar-refractivity contribution in [1.82, 2.24) is 13.9 Å². The lowest BCUT2D eigenvalue weighted by Crippen LogP contribution is -2.20. The van der Waals surface area contributed by atoms with E-state index in [0.29, 0.717) is 22.1 Å². The number of rotatable bonds is 5. The first kappa shape index (κ1) is 21.3. The molecule has 0 aliphatic carbocycles. The molecule has 0 radical (unpaired) electrons. The summed E-state index contributed by atoms with van der Waals surface area (Å²) in [6.07, 6.45) is 1.64. The predicted octanol–water partition coefficient (Wildman–Crippen LogP) is 5.54. The molecule has 0 atom stereocenters. The van der Waals surface area contributed by atoms with Crippen LogP contribution < -0.4 is 10.4 Å². The van der Waals surface area contributed by atoms with Crippen molar-refractivity contribution in [1.29, 1.82) is 0 Å². The van der Waals surface area contributed by atoms with E-state index in [9.17, 15) is 4.79 Å². The van der Waals surface area contributed by atoms with Crippen molar-refractivity contribution in [3.05, 3.63) is 110 Å². The van der Waals surface area contributed by atoms with Crippen LogP contribution >= 0.6 is 22.9 Å². The smallest absolute Gasteiger partial charge is 0.297 e. The molecule has 0 amide bonds. The fourth-order valence-corrected chi connectivity index (χ4v) is 4.86. The van der Waals surface area contributed by atoms with Crippen LogP contribution in [-0.2, 0) is 13.6 Å². The lowest BCUT2D eigenvalue weighted by molar-refractivity contribution is 0.573. The number of hydrogen-bond donors (Lipinski definition) is 0. The van der Waals surface area contributed by atoms with Gasteiger partial charge in [-0.25, -0.2) is 9.67 Å². The standard InChI is InChI=1S/C25H21ClN4O2S/c1-17-23(24(31)30(28(17)2)19-10-4-3-5-11-19)27-25-29(15-18-9-6-7-12-20(18)26)21(16-33-25)22-13-8-14-32-22/h3-14,16H,15H2,1-2H3. The molecule has 6 nitrogen and oxygen atoms in total. The molecule has 2 aromatic carbocycles. The van der Waals surface area contributed by atoms with Crippen LogP contribution in [0.2, 0.25) is 5.02 Å². The molecule has 166 valence electrons. The molecule has 5 aromatic rings. The van der Waals surface area contributed by atoms with Crippen molar-refractivity contribution in [2.24, 2.45) is 12.0 Å². The highest BCUT2D eigenvalue weighted by Gasteiger charge is 2.17. The van der Waals surface area contributed by atoms with Crippen molar-refractivity contribution in [3.8, 4) is 17.1 Å². The van der Waals surface area contributed by atoms with Crippen LogP contribution in [0.3, 0.4) is 0 Å². The zero-order chi connectivity index (χ0) is 22.9. The normalized spacial score (nSPS) is 11.9. The Hall–Kier alpha value is -3.55. The van der Waals surface area contributed by atoms with Gasteiger partial charge in [0.05, 0.1) is 29.9 Å². The van der Waals surface area contributed by atoms with E-state index in [1.165, 1.54) is 11.3 Å². The number of aromatic nitrogens is 3. The summed E-state index contributed by atoms with van der Waals surface area (Å²) in [5.74, 6) is 0.728. The van der Waals surface area contributed by atoms with Crippen molar-refractivity contribution < 1.29 is 4.42 Å². The number of furan rings is 1. The van der Waals surface area contributed by atoms with Gasteiger partial charge in [-0.3, -0.25) is 9.48 Å². The fourth-order valence-electron chi connectivity index (χ4n) is 3.77. The fraction of sp³-hybridized carbons (Fsp3) is 0.120. The van der Waals surface area contributed by atoms with Crippen LogP contribution in [0.25, 0.3) is 17.1 Å². The molecule has 0 N–H and O–H groups in total. The Balaban J connectivity index is 1.70. The van der Waals surface area contributed by atoms with E-state index in [1.54, 1.807) is 10.9 Å². The second kappa shape index (κ2) is 8.77. The van der Waals surface area contributed by atoms with Crippen molar-refractivity contribution in [2.75, 3.05) is 0 Å². The van der Waals surface area contributed by atoms with Gasteiger partial charge in [-0.15, -0.1) is 11.3 Å². The molecule has 5 rings (SSSR count). The Morgan fingerprint density at radius 3 is 2.52 bits per heavy atom. The molecule has 0 aliphatic rings. The van der Waals surface area contributed by atoms with Gasteiger partial charge in [-0.1, -0.05) is 48.0 Å². The average molecular weight is 477 g/mol. The van der Waals surface area contributed by atoms with Crippen LogP contribution in [0.4, 0.5) is 5.69 Å². The molecular weight excluding hydrogens is 456 g/mol. The summed E-state index contributed by atoms with van der Waals surface area (Å²) < 4.78 is 11.2. The lowest BCUT2D eigenvalue weighted by atomic mass is 10.2. The molecular formula is C25H21ClN4O2S. The topological polar surface area (TPSA) is 57.4 Å². The first-order chi connectivity index (χ1) is 16.0. The van der Waals surface area contributed by atoms with Crippen LogP contribution in [-0.4, -0.2) is 13.9 Å². The molecule has 33 heavy (non-hydrogen) atoms. The molecule has 0 fully saturated rings. The van der Waals surface area contributed by atoms with Crippen molar-refractivity contribution >= 4 is 28.6 Å². The third-order valence-electron chi connectivity index (χ3n) is 5.59. The van der Waals surface area contributed by atoms with Crippen LogP contribution in [0.5, 0.6) is 0 Å². The number of hydrogen-bond acceptors (Lipinski definition) is 4. The van der Waals surface area contributed by atoms with Crippen molar-refractivity contribution in [3.63, 3.8) is 0 Å². The molecule has 0 unspecified atom stereocenters. The van der Waals surface area contributed by atoms with Gasteiger partial charge < -0.3 is 8.98 Å². The Kier molecular flexibility index (Phi) is 5.66. The Bertz CT molecular complexity index is 1540. The molecule has 3 aromatic heterocycles. The number of nitrogens with zero attached hydrogens (tertiary/aromatic N) is 4. The third kappa shape index (κ3) is 3.90. The van der Waals surface area contributed by atoms with E-state index in [0.717, 1.165) is 28.4 Å². The maximum absolute atomic E-state index is 13.4. The van der Waals surface area contributed by atoms with Crippen molar-refractivity contribution in [2.45, 2.75) is 13.5 Å². The number of thiazole rings is 1. The summed E-state index contributed by atoms with van der Waals surface area (Å²) in [7, 11) is 1.86. The maximum atomic E-state index is 13.4. The molecule has 0 aliphatic heterocycles. The maximum Gasteiger partial charge on any atom is 0.297 e. The van der Waals surface area contributed by atoms with Crippen LogP contribution in [0.15, 0.2) is 92.6 Å². The molecule has 0 spiro atoms. The van der Waals surface area contributed by atoms with Crippen LogP contribution in [0, 0.1) is 6.92 Å². The van der Waals surface area contributed by atoms with E-state index in [1.807, 2.05) is 95.3 Å². The summed E-state index contributed by atoms with van der Waals surface area (Å²) in [5.41, 5.74) is 3.64. The number of benzene rings is 2. The minimum atomic E-state index is -0.168. The van der Waals surface area contributed by atoms with E-state index in [4.69, 9.17) is 21.0 Å². The zero-order valence-electron chi connectivity index (χ0n) is 18.1.